The average Bonchev–Trinajstić information content (AvgIpc) is 3.06. The number of carbonyl (C=O) groups is 2. The van der Waals surface area contributed by atoms with Crippen LogP contribution in [0.4, 0.5) is 5.00 Å². The highest BCUT2D eigenvalue weighted by Crippen LogP contribution is 2.39. The Morgan fingerprint density at radius 3 is 2.48 bits per heavy atom. The molecule has 1 aliphatic heterocycles. The number of piperidine rings is 1. The fourth-order valence-electron chi connectivity index (χ4n) is 4.25. The number of anilines is 1. The summed E-state index contributed by atoms with van der Waals surface area (Å²) < 4.78 is 0. The highest BCUT2D eigenvalue weighted by atomic mass is 32.1. The summed E-state index contributed by atoms with van der Waals surface area (Å²) in [4.78, 5) is 28.5. The van der Waals surface area contributed by atoms with Crippen molar-refractivity contribution in [2.75, 3.05) is 25.0 Å². The number of carbonyl (C=O) groups excluding carboxylic acids is 2. The predicted molar refractivity (Wildman–Crippen MR) is 109 cm³/mol. The maximum absolute atomic E-state index is 13.2. The van der Waals surface area contributed by atoms with E-state index in [9.17, 15) is 9.59 Å². The van der Waals surface area contributed by atoms with Crippen LogP contribution in [-0.2, 0) is 17.6 Å². The summed E-state index contributed by atoms with van der Waals surface area (Å²) >= 11 is 1.61. The SMILES string of the molecule is O=C(C[NH+]1CCCCC1)Nc1sc2c(c1C(=O)c1ccccc1)CCCC2. The zero-order valence-corrected chi connectivity index (χ0v) is 16.5. The van der Waals surface area contributed by atoms with E-state index < -0.39 is 0 Å². The third kappa shape index (κ3) is 4.14. The van der Waals surface area contributed by atoms with Gasteiger partial charge in [0.1, 0.15) is 5.00 Å². The van der Waals surface area contributed by atoms with Gasteiger partial charge in [0.05, 0.1) is 18.7 Å². The van der Waals surface area contributed by atoms with Crippen molar-refractivity contribution in [3.8, 4) is 0 Å². The molecule has 1 aromatic carbocycles. The number of fused-ring (bicyclic) bond motifs is 1. The van der Waals surface area contributed by atoms with Crippen LogP contribution in [0.1, 0.15) is 58.5 Å². The van der Waals surface area contributed by atoms with Gasteiger partial charge in [-0.25, -0.2) is 0 Å². The van der Waals surface area contributed by atoms with E-state index in [1.165, 1.54) is 34.6 Å². The molecule has 0 bridgehead atoms. The lowest BCUT2D eigenvalue weighted by molar-refractivity contribution is -0.896. The van der Waals surface area contributed by atoms with Crippen molar-refractivity contribution in [1.82, 2.24) is 0 Å². The monoisotopic (exact) mass is 383 g/mol. The quantitative estimate of drug-likeness (QED) is 0.780. The van der Waals surface area contributed by atoms with Gasteiger partial charge in [-0.15, -0.1) is 11.3 Å². The van der Waals surface area contributed by atoms with Gasteiger partial charge < -0.3 is 10.2 Å². The smallest absolute Gasteiger partial charge is 0.280 e. The highest BCUT2D eigenvalue weighted by molar-refractivity contribution is 7.17. The molecule has 1 aliphatic carbocycles. The zero-order valence-electron chi connectivity index (χ0n) is 15.7. The van der Waals surface area contributed by atoms with Crippen molar-refractivity contribution < 1.29 is 14.5 Å². The van der Waals surface area contributed by atoms with Gasteiger partial charge in [0, 0.05) is 10.4 Å². The number of ketones is 1. The van der Waals surface area contributed by atoms with E-state index in [2.05, 4.69) is 5.32 Å². The van der Waals surface area contributed by atoms with Crippen LogP contribution in [0.5, 0.6) is 0 Å². The molecule has 142 valence electrons. The molecule has 1 amide bonds. The second-order valence-corrected chi connectivity index (χ2v) is 8.75. The van der Waals surface area contributed by atoms with Crippen LogP contribution in [0, 0.1) is 0 Å². The van der Waals surface area contributed by atoms with Crippen LogP contribution < -0.4 is 10.2 Å². The molecule has 5 heteroatoms. The van der Waals surface area contributed by atoms with E-state index in [0.29, 0.717) is 12.1 Å². The zero-order chi connectivity index (χ0) is 18.6. The van der Waals surface area contributed by atoms with Crippen LogP contribution in [0.3, 0.4) is 0 Å². The largest absolute Gasteiger partial charge is 0.327 e. The molecule has 27 heavy (non-hydrogen) atoms. The number of hydrogen-bond acceptors (Lipinski definition) is 3. The molecule has 1 fully saturated rings. The molecule has 2 heterocycles. The van der Waals surface area contributed by atoms with E-state index in [1.807, 2.05) is 30.3 Å². The number of amides is 1. The number of quaternary nitrogens is 1. The molecule has 0 radical (unpaired) electrons. The van der Waals surface area contributed by atoms with E-state index in [-0.39, 0.29) is 11.7 Å². The van der Waals surface area contributed by atoms with Crippen molar-refractivity contribution in [2.45, 2.75) is 44.9 Å². The molecule has 1 aromatic heterocycles. The Morgan fingerprint density at radius 2 is 1.70 bits per heavy atom. The van der Waals surface area contributed by atoms with Crippen molar-refractivity contribution in [1.29, 1.82) is 0 Å². The first-order chi connectivity index (χ1) is 13.2. The van der Waals surface area contributed by atoms with Gasteiger partial charge in [0.2, 0.25) is 0 Å². The molecule has 0 atom stereocenters. The number of nitrogens with one attached hydrogen (secondary N) is 2. The van der Waals surface area contributed by atoms with Crippen molar-refractivity contribution in [3.05, 3.63) is 51.9 Å². The van der Waals surface area contributed by atoms with Gasteiger partial charge in [-0.1, -0.05) is 30.3 Å². The Morgan fingerprint density at radius 1 is 0.963 bits per heavy atom. The third-order valence-corrected chi connectivity index (χ3v) is 6.87. The summed E-state index contributed by atoms with van der Waals surface area (Å²) in [5.41, 5.74) is 2.60. The molecule has 2 aromatic rings. The van der Waals surface area contributed by atoms with Gasteiger partial charge in [-0.3, -0.25) is 9.59 Å². The summed E-state index contributed by atoms with van der Waals surface area (Å²) in [5.74, 6) is 0.0724. The molecule has 0 unspecified atom stereocenters. The van der Waals surface area contributed by atoms with Crippen LogP contribution in [-0.4, -0.2) is 31.3 Å². The molecule has 4 nitrogen and oxygen atoms in total. The first kappa shape index (κ1) is 18.4. The third-order valence-electron chi connectivity index (χ3n) is 5.66. The minimum absolute atomic E-state index is 0.0348. The lowest BCUT2D eigenvalue weighted by atomic mass is 9.92. The van der Waals surface area contributed by atoms with Gasteiger partial charge >= 0.3 is 0 Å². The Balaban J connectivity index is 1.59. The molecule has 2 aliphatic rings. The van der Waals surface area contributed by atoms with Crippen molar-refractivity contribution >= 4 is 28.0 Å². The normalized spacial score (nSPS) is 17.3. The van der Waals surface area contributed by atoms with Crippen LogP contribution in [0.15, 0.2) is 30.3 Å². The Hall–Kier alpha value is -1.98. The summed E-state index contributed by atoms with van der Waals surface area (Å²) in [6.45, 7) is 2.65. The lowest BCUT2D eigenvalue weighted by Crippen LogP contribution is -3.13. The fraction of sp³-hybridized carbons (Fsp3) is 0.455. The van der Waals surface area contributed by atoms with Crippen LogP contribution >= 0.6 is 11.3 Å². The minimum Gasteiger partial charge on any atom is -0.327 e. The van der Waals surface area contributed by atoms with Crippen molar-refractivity contribution in [2.24, 2.45) is 0 Å². The second kappa shape index (κ2) is 8.36. The Labute approximate surface area is 164 Å². The first-order valence-electron chi connectivity index (χ1n) is 10.1. The molecule has 1 saturated heterocycles. The number of aryl methyl sites for hydroxylation is 1. The highest BCUT2D eigenvalue weighted by Gasteiger charge is 2.27. The Kier molecular flexibility index (Phi) is 5.69. The van der Waals surface area contributed by atoms with Gasteiger partial charge in [0.25, 0.3) is 5.91 Å². The van der Waals surface area contributed by atoms with Crippen molar-refractivity contribution in [3.63, 3.8) is 0 Å². The summed E-state index contributed by atoms with van der Waals surface area (Å²) in [6, 6.07) is 9.43. The van der Waals surface area contributed by atoms with E-state index in [4.69, 9.17) is 0 Å². The number of thiophene rings is 1. The van der Waals surface area contributed by atoms with Gasteiger partial charge in [-0.05, 0) is 50.5 Å². The summed E-state index contributed by atoms with van der Waals surface area (Å²) in [7, 11) is 0. The van der Waals surface area contributed by atoms with E-state index >= 15 is 0 Å². The standard InChI is InChI=1S/C22H26N2O2S/c25-19(15-24-13-7-2-8-14-24)23-22-20(17-11-5-6-12-18(17)27-22)21(26)16-9-3-1-4-10-16/h1,3-4,9-10H,2,5-8,11-15H2,(H,23,25)/p+1. The number of rotatable bonds is 5. The molecule has 4 rings (SSSR count). The number of benzene rings is 1. The topological polar surface area (TPSA) is 50.6 Å². The Bertz CT molecular complexity index is 822. The molecule has 0 saturated carbocycles. The second-order valence-electron chi connectivity index (χ2n) is 7.65. The summed E-state index contributed by atoms with van der Waals surface area (Å²) in [6.07, 6.45) is 7.91. The average molecular weight is 384 g/mol. The van der Waals surface area contributed by atoms with E-state index in [0.717, 1.165) is 49.3 Å². The lowest BCUT2D eigenvalue weighted by Gasteiger charge is -2.22. The molecular formula is C22H27N2O2S+. The molecule has 2 N–H and O–H groups in total. The fourth-order valence-corrected chi connectivity index (χ4v) is 5.56. The predicted octanol–water partition coefficient (Wildman–Crippen LogP) is 2.87. The van der Waals surface area contributed by atoms with Crippen LogP contribution in [0.25, 0.3) is 0 Å². The molecular weight excluding hydrogens is 356 g/mol. The first-order valence-corrected chi connectivity index (χ1v) is 10.9. The van der Waals surface area contributed by atoms with Crippen LogP contribution in [0.2, 0.25) is 0 Å². The van der Waals surface area contributed by atoms with E-state index in [1.54, 1.807) is 11.3 Å². The maximum atomic E-state index is 13.2. The van der Waals surface area contributed by atoms with Gasteiger partial charge in [-0.2, -0.15) is 0 Å². The number of hydrogen-bond donors (Lipinski definition) is 2. The summed E-state index contributed by atoms with van der Waals surface area (Å²) in [5, 5.41) is 3.86. The minimum atomic E-state index is 0.0348. The molecule has 0 spiro atoms. The van der Waals surface area contributed by atoms with Gasteiger partial charge in [0.15, 0.2) is 12.3 Å². The number of likely N-dealkylation sites (tertiary alicyclic amines) is 1. The maximum Gasteiger partial charge on any atom is 0.280 e.